The number of nitrogens with two attached hydrogens (primary N) is 1. The van der Waals surface area contributed by atoms with E-state index in [0.717, 1.165) is 11.0 Å². The van der Waals surface area contributed by atoms with Crippen molar-refractivity contribution in [1.82, 2.24) is 4.98 Å². The maximum Gasteiger partial charge on any atom is 0.130 e. The smallest absolute Gasteiger partial charge is 0.130 e. The number of aromatic nitrogens is 1. The second-order valence-corrected chi connectivity index (χ2v) is 4.86. The van der Waals surface area contributed by atoms with Gasteiger partial charge >= 0.3 is 0 Å². The van der Waals surface area contributed by atoms with E-state index in [1.165, 1.54) is 23.9 Å². The van der Waals surface area contributed by atoms with Crippen molar-refractivity contribution in [3.05, 3.63) is 59.9 Å². The molecular weight excluding hydrogens is 254 g/mol. The van der Waals surface area contributed by atoms with Crippen molar-refractivity contribution >= 4 is 11.8 Å². The lowest BCUT2D eigenvalue weighted by atomic mass is 10.1. The predicted molar refractivity (Wildman–Crippen MR) is 68.2 cm³/mol. The maximum atomic E-state index is 13.5. The highest BCUT2D eigenvalue weighted by Gasteiger charge is 2.12. The fraction of sp³-hybridized carbons (Fsp3) is 0.154. The van der Waals surface area contributed by atoms with E-state index in [4.69, 9.17) is 5.73 Å². The van der Waals surface area contributed by atoms with Crippen LogP contribution in [0.1, 0.15) is 11.6 Å². The molecular formula is C13H12F2N2S. The minimum absolute atomic E-state index is 0.331. The monoisotopic (exact) mass is 266 g/mol. The summed E-state index contributed by atoms with van der Waals surface area (Å²) in [5.41, 5.74) is 6.23. The van der Waals surface area contributed by atoms with Gasteiger partial charge in [0.1, 0.15) is 11.6 Å². The molecule has 0 saturated heterocycles. The molecule has 1 aromatic carbocycles. The van der Waals surface area contributed by atoms with Gasteiger partial charge in [0.05, 0.1) is 0 Å². The fourth-order valence-electron chi connectivity index (χ4n) is 1.51. The minimum Gasteiger partial charge on any atom is -0.323 e. The minimum atomic E-state index is -0.599. The molecule has 2 nitrogen and oxygen atoms in total. The Balaban J connectivity index is 2.01. The molecule has 2 aromatic rings. The van der Waals surface area contributed by atoms with E-state index < -0.39 is 17.7 Å². The first-order valence-corrected chi connectivity index (χ1v) is 6.39. The van der Waals surface area contributed by atoms with Crippen LogP contribution in [0, 0.1) is 11.6 Å². The summed E-state index contributed by atoms with van der Waals surface area (Å²) in [6.45, 7) is 0. The Morgan fingerprint density at radius 3 is 2.56 bits per heavy atom. The molecule has 0 saturated carbocycles. The Kier molecular flexibility index (Phi) is 4.28. The number of benzene rings is 1. The summed E-state index contributed by atoms with van der Waals surface area (Å²) in [4.78, 5) is 4.92. The van der Waals surface area contributed by atoms with E-state index in [0.29, 0.717) is 11.3 Å². The SMILES string of the molecule is NC(CSc1ccncc1)c1ccc(F)cc1F. The normalized spacial score (nSPS) is 12.4. The lowest BCUT2D eigenvalue weighted by Crippen LogP contribution is -2.14. The van der Waals surface area contributed by atoms with Crippen LogP contribution in [0.5, 0.6) is 0 Å². The molecule has 0 aliphatic rings. The highest BCUT2D eigenvalue weighted by molar-refractivity contribution is 7.99. The van der Waals surface area contributed by atoms with Crippen LogP contribution in [0.2, 0.25) is 0 Å². The van der Waals surface area contributed by atoms with Crippen molar-refractivity contribution in [1.29, 1.82) is 0 Å². The van der Waals surface area contributed by atoms with E-state index >= 15 is 0 Å². The van der Waals surface area contributed by atoms with Gasteiger partial charge in [-0.25, -0.2) is 8.78 Å². The zero-order valence-corrected chi connectivity index (χ0v) is 10.3. The van der Waals surface area contributed by atoms with E-state index in [1.807, 2.05) is 12.1 Å². The first-order chi connectivity index (χ1) is 8.66. The molecule has 1 heterocycles. The molecule has 1 aromatic heterocycles. The van der Waals surface area contributed by atoms with E-state index in [1.54, 1.807) is 12.4 Å². The summed E-state index contributed by atoms with van der Waals surface area (Å²) in [5, 5.41) is 0. The zero-order valence-electron chi connectivity index (χ0n) is 9.51. The maximum absolute atomic E-state index is 13.5. The Morgan fingerprint density at radius 1 is 1.17 bits per heavy atom. The Hall–Kier alpha value is -1.46. The third-order valence-electron chi connectivity index (χ3n) is 2.44. The van der Waals surface area contributed by atoms with E-state index in [9.17, 15) is 8.78 Å². The van der Waals surface area contributed by atoms with Crippen LogP contribution in [0.25, 0.3) is 0 Å². The van der Waals surface area contributed by atoms with Crippen LogP contribution in [0.15, 0.2) is 47.6 Å². The average Bonchev–Trinajstić information content (AvgIpc) is 2.37. The summed E-state index contributed by atoms with van der Waals surface area (Å²) in [6, 6.07) is 6.71. The van der Waals surface area contributed by atoms with Crippen molar-refractivity contribution < 1.29 is 8.78 Å². The third kappa shape index (κ3) is 3.27. The van der Waals surface area contributed by atoms with Crippen LogP contribution in [0.3, 0.4) is 0 Å². The number of halogens is 2. The second kappa shape index (κ2) is 5.93. The molecule has 0 spiro atoms. The third-order valence-corrected chi connectivity index (χ3v) is 3.57. The van der Waals surface area contributed by atoms with Crippen LogP contribution in [-0.4, -0.2) is 10.7 Å². The number of rotatable bonds is 4. The van der Waals surface area contributed by atoms with Crippen molar-refractivity contribution in [2.75, 3.05) is 5.75 Å². The van der Waals surface area contributed by atoms with Crippen LogP contribution in [-0.2, 0) is 0 Å². The molecule has 0 aliphatic heterocycles. The number of pyridine rings is 1. The first kappa shape index (κ1) is 13.0. The lowest BCUT2D eigenvalue weighted by Gasteiger charge is -2.12. The predicted octanol–water partition coefficient (Wildman–Crippen LogP) is 3.15. The molecule has 0 amide bonds. The molecule has 0 aliphatic carbocycles. The van der Waals surface area contributed by atoms with Crippen molar-refractivity contribution in [2.24, 2.45) is 5.73 Å². The van der Waals surface area contributed by atoms with Gasteiger partial charge in [-0.1, -0.05) is 6.07 Å². The van der Waals surface area contributed by atoms with E-state index in [-0.39, 0.29) is 0 Å². The van der Waals surface area contributed by atoms with E-state index in [2.05, 4.69) is 4.98 Å². The van der Waals surface area contributed by atoms with Gasteiger partial charge in [0.15, 0.2) is 0 Å². The zero-order chi connectivity index (χ0) is 13.0. The molecule has 0 radical (unpaired) electrons. The van der Waals surface area contributed by atoms with Gasteiger partial charge in [0.25, 0.3) is 0 Å². The lowest BCUT2D eigenvalue weighted by molar-refractivity contribution is 0.563. The summed E-state index contributed by atoms with van der Waals surface area (Å²) in [7, 11) is 0. The number of hydrogen-bond acceptors (Lipinski definition) is 3. The highest BCUT2D eigenvalue weighted by atomic mass is 32.2. The molecule has 2 rings (SSSR count). The molecule has 94 valence electrons. The standard InChI is InChI=1S/C13H12F2N2S/c14-9-1-2-11(12(15)7-9)13(16)8-18-10-3-5-17-6-4-10/h1-7,13H,8,16H2. The second-order valence-electron chi connectivity index (χ2n) is 3.77. The van der Waals surface area contributed by atoms with Crippen molar-refractivity contribution in [3.8, 4) is 0 Å². The number of thioether (sulfide) groups is 1. The summed E-state index contributed by atoms with van der Waals surface area (Å²) >= 11 is 1.51. The van der Waals surface area contributed by atoms with Gasteiger partial charge < -0.3 is 5.73 Å². The largest absolute Gasteiger partial charge is 0.323 e. The van der Waals surface area contributed by atoms with Gasteiger partial charge in [-0.15, -0.1) is 11.8 Å². The van der Waals surface area contributed by atoms with Gasteiger partial charge in [0.2, 0.25) is 0 Å². The fourth-order valence-corrected chi connectivity index (χ4v) is 2.38. The first-order valence-electron chi connectivity index (χ1n) is 5.40. The Labute approximate surface area is 108 Å². The molecule has 2 N–H and O–H groups in total. The van der Waals surface area contributed by atoms with Gasteiger partial charge in [-0.05, 0) is 18.2 Å². The van der Waals surface area contributed by atoms with Crippen LogP contribution in [0.4, 0.5) is 8.78 Å². The molecule has 0 bridgehead atoms. The van der Waals surface area contributed by atoms with Gasteiger partial charge in [0, 0.05) is 40.7 Å². The average molecular weight is 266 g/mol. The summed E-state index contributed by atoms with van der Waals surface area (Å²) < 4.78 is 26.3. The number of nitrogens with zero attached hydrogens (tertiary/aromatic N) is 1. The van der Waals surface area contributed by atoms with Crippen LogP contribution < -0.4 is 5.73 Å². The Morgan fingerprint density at radius 2 is 1.89 bits per heavy atom. The Bertz CT molecular complexity index is 520. The molecule has 1 unspecified atom stereocenters. The summed E-state index contributed by atoms with van der Waals surface area (Å²) in [5.74, 6) is -0.671. The van der Waals surface area contributed by atoms with Gasteiger partial charge in [-0.3, -0.25) is 4.98 Å². The highest BCUT2D eigenvalue weighted by Crippen LogP contribution is 2.24. The topological polar surface area (TPSA) is 38.9 Å². The summed E-state index contributed by atoms with van der Waals surface area (Å²) in [6.07, 6.45) is 3.37. The molecule has 1 atom stereocenters. The van der Waals surface area contributed by atoms with Gasteiger partial charge in [-0.2, -0.15) is 0 Å². The van der Waals surface area contributed by atoms with Crippen molar-refractivity contribution in [2.45, 2.75) is 10.9 Å². The molecule has 0 fully saturated rings. The molecule has 18 heavy (non-hydrogen) atoms. The van der Waals surface area contributed by atoms with Crippen molar-refractivity contribution in [3.63, 3.8) is 0 Å². The number of hydrogen-bond donors (Lipinski definition) is 1. The molecule has 5 heteroatoms. The van der Waals surface area contributed by atoms with Crippen LogP contribution >= 0.6 is 11.8 Å². The quantitative estimate of drug-likeness (QED) is 0.864.